The molecule has 0 radical (unpaired) electrons. The van der Waals surface area contributed by atoms with Crippen LogP contribution in [0.15, 0.2) is 17.6 Å². The van der Waals surface area contributed by atoms with Gasteiger partial charge < -0.3 is 39.9 Å². The number of hydrogen-bond acceptors (Lipinski definition) is 12. The van der Waals surface area contributed by atoms with Crippen LogP contribution in [0.25, 0.3) is 11.0 Å². The van der Waals surface area contributed by atoms with E-state index in [2.05, 4.69) is 23.9 Å². The van der Waals surface area contributed by atoms with Gasteiger partial charge >= 0.3 is 15.6 Å². The Morgan fingerprint density at radius 1 is 1.39 bits per heavy atom. The predicted octanol–water partition coefficient (Wildman–Crippen LogP) is -0.220. The molecule has 1 aliphatic heterocycles. The minimum atomic E-state index is -5.33. The fourth-order valence-corrected chi connectivity index (χ4v) is 4.87. The van der Waals surface area contributed by atoms with Gasteiger partial charge in [-0.05, 0) is 6.92 Å². The van der Waals surface area contributed by atoms with Crippen molar-refractivity contribution in [3.05, 3.63) is 18.1 Å². The molecule has 1 saturated heterocycles. The molecule has 2 aromatic rings. The minimum absolute atomic E-state index is 0.0710. The van der Waals surface area contributed by atoms with Gasteiger partial charge in [-0.3, -0.25) is 4.52 Å². The van der Waals surface area contributed by atoms with Crippen molar-refractivity contribution in [3.63, 3.8) is 0 Å². The zero-order valence-electron chi connectivity index (χ0n) is 15.8. The van der Waals surface area contributed by atoms with Gasteiger partial charge in [-0.1, -0.05) is 0 Å². The average molecular weight is 482 g/mol. The van der Waals surface area contributed by atoms with Gasteiger partial charge in [0.15, 0.2) is 6.23 Å². The Labute approximate surface area is 174 Å². The molecule has 2 aromatic heterocycles. The van der Waals surface area contributed by atoms with E-state index in [9.17, 15) is 24.2 Å². The molecule has 0 aliphatic carbocycles. The van der Waals surface area contributed by atoms with Crippen molar-refractivity contribution >= 4 is 32.5 Å². The molecule has 0 spiro atoms. The molecule has 0 aromatic carbocycles. The Bertz CT molecular complexity index is 1090. The van der Waals surface area contributed by atoms with Gasteiger partial charge in [-0.15, -0.1) is 0 Å². The normalized spacial score (nSPS) is 28.6. The Morgan fingerprint density at radius 3 is 2.68 bits per heavy atom. The van der Waals surface area contributed by atoms with Crippen LogP contribution in [0.5, 0.6) is 0 Å². The lowest BCUT2D eigenvalue weighted by Crippen LogP contribution is -2.44. The third-order valence-corrected chi connectivity index (χ3v) is 6.74. The molecule has 5 atom stereocenters. The molecule has 3 rings (SSSR count). The van der Waals surface area contributed by atoms with Crippen molar-refractivity contribution in [2.24, 2.45) is 5.11 Å². The molecular weight excluding hydrogens is 462 g/mol. The zero-order chi connectivity index (χ0) is 23.2. The summed E-state index contributed by atoms with van der Waals surface area (Å²) in [6.07, 6.45) is -1.74. The first-order chi connectivity index (χ1) is 14.3. The second-order valence-electron chi connectivity index (χ2n) is 6.87. The highest BCUT2D eigenvalue weighted by atomic mass is 31.3. The van der Waals surface area contributed by atoms with E-state index in [0.717, 1.165) is 6.33 Å². The van der Waals surface area contributed by atoms with Crippen LogP contribution < -0.4 is 5.73 Å². The maximum absolute atomic E-state index is 11.6. The lowest BCUT2D eigenvalue weighted by Gasteiger charge is -2.27. The van der Waals surface area contributed by atoms with E-state index in [0.29, 0.717) is 10.9 Å². The van der Waals surface area contributed by atoms with Crippen molar-refractivity contribution < 1.29 is 47.6 Å². The third kappa shape index (κ3) is 4.83. The molecule has 0 saturated carbocycles. The van der Waals surface area contributed by atoms with Crippen LogP contribution in [-0.4, -0.2) is 63.8 Å². The van der Waals surface area contributed by atoms with Gasteiger partial charge in [-0.25, -0.2) is 24.6 Å². The second kappa shape index (κ2) is 8.26. The fraction of sp³-hybridized carbons (Fsp3) is 0.538. The maximum Gasteiger partial charge on any atom is 0.481 e. The number of hydrogen-bond donors (Lipinski definition) is 7. The van der Waals surface area contributed by atoms with Gasteiger partial charge in [-0.2, -0.15) is 9.42 Å². The number of aromatic nitrogens is 3. The maximum atomic E-state index is 11.6. The first-order valence-electron chi connectivity index (χ1n) is 8.50. The molecule has 31 heavy (non-hydrogen) atoms. The molecule has 172 valence electrons. The summed E-state index contributed by atoms with van der Waals surface area (Å²) in [4.78, 5) is 34.7. The first-order valence-corrected chi connectivity index (χ1v) is 11.5. The minimum Gasteiger partial charge on any atom is -0.387 e. The first kappa shape index (κ1) is 23.8. The number of aliphatic hydroxyl groups excluding tert-OH is 1. The van der Waals surface area contributed by atoms with Crippen molar-refractivity contribution in [2.75, 3.05) is 12.3 Å². The van der Waals surface area contributed by atoms with Crippen molar-refractivity contribution in [1.29, 1.82) is 5.53 Å². The summed E-state index contributed by atoms with van der Waals surface area (Å²) >= 11 is 0. The van der Waals surface area contributed by atoms with E-state index in [1.165, 1.54) is 17.7 Å². The van der Waals surface area contributed by atoms with Crippen LogP contribution in [0.1, 0.15) is 18.7 Å². The molecule has 0 bridgehead atoms. The Kier molecular flexibility index (Phi) is 6.34. The molecule has 16 nitrogen and oxygen atoms in total. The van der Waals surface area contributed by atoms with E-state index in [1.54, 1.807) is 0 Å². The second-order valence-corrected chi connectivity index (χ2v) is 9.70. The number of nitrogens with two attached hydrogens (primary N) is 1. The number of ether oxygens (including phenoxy) is 1. The van der Waals surface area contributed by atoms with Crippen LogP contribution in [0.4, 0.5) is 5.82 Å². The summed E-state index contributed by atoms with van der Waals surface area (Å²) in [6.45, 7) is 0.309. The molecule has 0 amide bonds. The molecule has 3 heterocycles. The van der Waals surface area contributed by atoms with Crippen LogP contribution in [0.3, 0.4) is 0 Å². The number of nitrogens with zero attached hydrogens (tertiary/aromatic N) is 4. The highest BCUT2D eigenvalue weighted by Gasteiger charge is 2.54. The number of rotatable bonds is 8. The highest BCUT2D eigenvalue weighted by Crippen LogP contribution is 2.58. The monoisotopic (exact) mass is 482 g/mol. The van der Waals surface area contributed by atoms with Crippen LogP contribution >= 0.6 is 15.6 Å². The quantitative estimate of drug-likeness (QED) is 0.190. The fourth-order valence-electron chi connectivity index (χ4n) is 3.27. The summed E-state index contributed by atoms with van der Waals surface area (Å²) in [7, 11) is -10.5. The van der Waals surface area contributed by atoms with E-state index < -0.39 is 46.3 Å². The molecule has 1 aliphatic rings. The number of aliphatic hydroxyl groups is 2. The molecule has 8 N–H and O–H groups in total. The lowest BCUT2D eigenvalue weighted by molar-refractivity contribution is -0.0947. The van der Waals surface area contributed by atoms with Crippen molar-refractivity contribution in [1.82, 2.24) is 14.5 Å². The van der Waals surface area contributed by atoms with E-state index in [-0.39, 0.29) is 18.0 Å². The van der Waals surface area contributed by atoms with Crippen molar-refractivity contribution in [3.8, 4) is 0 Å². The number of fused-ring (bicyclic) bond motifs is 1. The number of anilines is 1. The van der Waals surface area contributed by atoms with Gasteiger partial charge in [0.2, 0.25) is 0 Å². The summed E-state index contributed by atoms with van der Waals surface area (Å²) in [5.41, 5.74) is 11.7. The smallest absolute Gasteiger partial charge is 0.387 e. The summed E-state index contributed by atoms with van der Waals surface area (Å²) in [6, 6.07) is 0. The summed E-state index contributed by atoms with van der Waals surface area (Å²) in [5, 5.41) is 25.0. The highest BCUT2D eigenvalue weighted by molar-refractivity contribution is 7.60. The third-order valence-electron chi connectivity index (χ3n) is 4.59. The van der Waals surface area contributed by atoms with Gasteiger partial charge in [0, 0.05) is 11.8 Å². The number of nitrogens with one attached hydrogen (secondary N) is 1. The number of nitrogen functional groups attached to an aromatic ring is 1. The number of phosphoric ester groups is 1. The van der Waals surface area contributed by atoms with Gasteiger partial charge in [0.05, 0.1) is 18.5 Å². The van der Waals surface area contributed by atoms with Crippen molar-refractivity contribution in [2.45, 2.75) is 37.5 Å². The Hall–Kier alpha value is -1.84. The Morgan fingerprint density at radius 2 is 2.06 bits per heavy atom. The largest absolute Gasteiger partial charge is 0.481 e. The molecular formula is C13H20N6O10P2. The Balaban J connectivity index is 1.90. The van der Waals surface area contributed by atoms with Gasteiger partial charge in [0.25, 0.3) is 0 Å². The topological polar surface area (TPSA) is 256 Å². The standard InChI is InChI=1S/C13H20N6O10P2/c1-13(21)9(20)7(4-27-31(25,26)29-30(22,23)24)28-12(13)19-3-6(2-18-15)8-10(14)16-5-17-11(8)19/h3,5,7,9,12,15,20-21H,2,4H2,1H3,(H,25,26)(H2,14,16,17)(H2,22,23,24)/t7?,9?,12?,13-/m1/s1. The average Bonchev–Trinajstić information content (AvgIpc) is 3.09. The lowest BCUT2D eigenvalue weighted by atomic mass is 9.96. The van der Waals surface area contributed by atoms with E-state index >= 15 is 0 Å². The number of phosphoric acid groups is 2. The molecule has 1 fully saturated rings. The van der Waals surface area contributed by atoms with Gasteiger partial charge in [0.1, 0.15) is 35.6 Å². The van der Waals surface area contributed by atoms with E-state index in [1.807, 2.05) is 0 Å². The zero-order valence-corrected chi connectivity index (χ0v) is 17.6. The SMILES string of the molecule is C[C@@]1(O)C(O)C(COP(=O)(O)OP(=O)(O)O)OC1n1cc(CN=N)c2c(N)ncnc21. The van der Waals surface area contributed by atoms with Crippen LogP contribution in [0, 0.1) is 5.53 Å². The summed E-state index contributed by atoms with van der Waals surface area (Å²) in [5.74, 6) is 0.0938. The predicted molar refractivity (Wildman–Crippen MR) is 100 cm³/mol. The van der Waals surface area contributed by atoms with Crippen LogP contribution in [-0.2, 0) is 29.2 Å². The molecule has 4 unspecified atom stereocenters. The van der Waals surface area contributed by atoms with Crippen LogP contribution in [0.2, 0.25) is 0 Å². The molecule has 18 heteroatoms. The van der Waals surface area contributed by atoms with E-state index in [4.69, 9.17) is 25.8 Å². The summed E-state index contributed by atoms with van der Waals surface area (Å²) < 4.78 is 37.5.